The van der Waals surface area contributed by atoms with Gasteiger partial charge in [0, 0.05) is 59.7 Å². The van der Waals surface area contributed by atoms with Gasteiger partial charge in [-0.05, 0) is 137 Å². The molecule has 2 atom stereocenters. The average molecular weight is 823 g/mol. The first kappa shape index (κ1) is 43.4. The zero-order chi connectivity index (χ0) is 41.7. The van der Waals surface area contributed by atoms with Crippen molar-refractivity contribution in [3.63, 3.8) is 0 Å². The lowest BCUT2D eigenvalue weighted by Crippen LogP contribution is -2.43. The fraction of sp³-hybridized carbons (Fsp3) is 0.468. The Labute approximate surface area is 353 Å². The van der Waals surface area contributed by atoms with Crippen molar-refractivity contribution >= 4 is 49.7 Å². The number of benzene rings is 3. The van der Waals surface area contributed by atoms with Crippen LogP contribution in [-0.4, -0.2) is 67.8 Å². The van der Waals surface area contributed by atoms with E-state index in [1.54, 1.807) is 0 Å². The first-order chi connectivity index (χ1) is 27.6. The molecule has 2 unspecified atom stereocenters. The molecule has 2 aliphatic heterocycles. The molecule has 11 heteroatoms. The number of hydrogen-bond acceptors (Lipinski definition) is 9. The molecule has 3 N–H and O–H groups in total. The highest BCUT2D eigenvalue weighted by Crippen LogP contribution is 2.37. The fourth-order valence-electron chi connectivity index (χ4n) is 7.77. The summed E-state index contributed by atoms with van der Waals surface area (Å²) >= 11 is 5.87. The highest BCUT2D eigenvalue weighted by molar-refractivity contribution is 8.29. The fourth-order valence-corrected chi connectivity index (χ4v) is 9.27. The van der Waals surface area contributed by atoms with Gasteiger partial charge in [-0.15, -0.1) is 0 Å². The Morgan fingerprint density at radius 3 is 2.47 bits per heavy atom. The van der Waals surface area contributed by atoms with Crippen molar-refractivity contribution in [1.82, 2.24) is 19.8 Å². The van der Waals surface area contributed by atoms with Gasteiger partial charge in [0.05, 0.1) is 23.1 Å². The normalized spacial score (nSPS) is 16.4. The predicted molar refractivity (Wildman–Crippen MR) is 243 cm³/mol. The SMILES string of the molecule is C=C(CC)CCC(C)N1Cc2cc(C3(O)CCN(CCc4cc(OC(C)C)c(Nc5ncc(C)c(Nc6ccccc6S(=S)C(C)C)n5)cc4C)CC3)ccc2C1=O. The number of aryl methyl sites for hydroxylation is 2. The third kappa shape index (κ3) is 10.2. The Bertz CT molecular complexity index is 2140. The lowest BCUT2D eigenvalue weighted by atomic mass is 9.83. The van der Waals surface area contributed by atoms with E-state index in [0.717, 1.165) is 101 Å². The first-order valence-corrected chi connectivity index (χ1v) is 23.1. The van der Waals surface area contributed by atoms with Crippen LogP contribution >= 0.6 is 0 Å². The number of hydrogen-bond donors (Lipinski definition) is 3. The van der Waals surface area contributed by atoms with Crippen LogP contribution in [0.2, 0.25) is 0 Å². The van der Waals surface area contributed by atoms with Gasteiger partial charge in [0.2, 0.25) is 5.95 Å². The van der Waals surface area contributed by atoms with E-state index in [1.807, 2.05) is 56.1 Å². The number of carbonyl (C=O) groups is 1. The number of rotatable bonds is 17. The molecule has 310 valence electrons. The van der Waals surface area contributed by atoms with E-state index in [0.29, 0.717) is 30.6 Å². The summed E-state index contributed by atoms with van der Waals surface area (Å²) in [5, 5.41) is 19.2. The molecule has 0 bridgehead atoms. The number of nitrogens with one attached hydrogen (secondary N) is 2. The minimum atomic E-state index is -0.910. The van der Waals surface area contributed by atoms with Gasteiger partial charge in [0.15, 0.2) is 0 Å². The number of likely N-dealkylation sites (tertiary alicyclic amines) is 1. The molecule has 3 heterocycles. The largest absolute Gasteiger partial charge is 0.489 e. The zero-order valence-electron chi connectivity index (χ0n) is 35.7. The molecule has 2 aliphatic rings. The molecule has 6 rings (SSSR count). The van der Waals surface area contributed by atoms with Crippen LogP contribution in [0.25, 0.3) is 0 Å². The molecule has 1 saturated heterocycles. The quantitative estimate of drug-likeness (QED) is 0.0899. The molecular formula is C47H62N6O3S2. The van der Waals surface area contributed by atoms with Gasteiger partial charge in [0.1, 0.15) is 11.6 Å². The van der Waals surface area contributed by atoms with Crippen molar-refractivity contribution < 1.29 is 14.6 Å². The summed E-state index contributed by atoms with van der Waals surface area (Å²) in [4.78, 5) is 28.3. The maximum atomic E-state index is 13.3. The number of piperidine rings is 1. The third-order valence-electron chi connectivity index (χ3n) is 11.6. The van der Waals surface area contributed by atoms with Gasteiger partial charge in [-0.1, -0.05) is 66.6 Å². The molecule has 9 nitrogen and oxygen atoms in total. The number of aliphatic hydroxyl groups is 1. The number of nitrogens with zero attached hydrogens (tertiary/aromatic N) is 4. The van der Waals surface area contributed by atoms with Gasteiger partial charge in [-0.2, -0.15) is 4.98 Å². The number of carbonyl (C=O) groups excluding carboxylic acids is 1. The summed E-state index contributed by atoms with van der Waals surface area (Å²) in [7, 11) is -0.330. The lowest BCUT2D eigenvalue weighted by Gasteiger charge is -2.38. The van der Waals surface area contributed by atoms with Crippen LogP contribution in [-0.2, 0) is 39.2 Å². The van der Waals surface area contributed by atoms with Gasteiger partial charge < -0.3 is 30.3 Å². The number of ether oxygens (including phenoxy) is 1. The molecule has 1 aromatic heterocycles. The monoisotopic (exact) mass is 822 g/mol. The molecule has 1 amide bonds. The second kappa shape index (κ2) is 18.8. The van der Waals surface area contributed by atoms with Crippen molar-refractivity contribution in [2.24, 2.45) is 0 Å². The van der Waals surface area contributed by atoms with Crippen molar-refractivity contribution in [3.8, 4) is 5.75 Å². The molecule has 3 aromatic carbocycles. The summed E-state index contributed by atoms with van der Waals surface area (Å²) < 4.78 is 6.36. The Morgan fingerprint density at radius 1 is 1.02 bits per heavy atom. The number of allylic oxidation sites excluding steroid dienone is 1. The number of amides is 1. The van der Waals surface area contributed by atoms with Crippen LogP contribution in [0.3, 0.4) is 0 Å². The van der Waals surface area contributed by atoms with Crippen molar-refractivity contribution in [3.05, 3.63) is 106 Å². The smallest absolute Gasteiger partial charge is 0.254 e. The Balaban J connectivity index is 1.09. The van der Waals surface area contributed by atoms with Gasteiger partial charge in [-0.25, -0.2) is 4.98 Å². The van der Waals surface area contributed by atoms with E-state index in [4.69, 9.17) is 20.9 Å². The van der Waals surface area contributed by atoms with E-state index in [9.17, 15) is 9.90 Å². The van der Waals surface area contributed by atoms with Crippen LogP contribution in [0.4, 0.5) is 23.1 Å². The number of fused-ring (bicyclic) bond motifs is 1. The minimum Gasteiger partial charge on any atom is -0.489 e. The van der Waals surface area contributed by atoms with Crippen molar-refractivity contribution in [2.75, 3.05) is 30.3 Å². The van der Waals surface area contributed by atoms with Gasteiger partial charge in [-0.3, -0.25) is 4.79 Å². The van der Waals surface area contributed by atoms with E-state index in [-0.39, 0.29) is 27.5 Å². The highest BCUT2D eigenvalue weighted by Gasteiger charge is 2.37. The second-order valence-electron chi connectivity index (χ2n) is 16.7. The first-order valence-electron chi connectivity index (χ1n) is 20.9. The van der Waals surface area contributed by atoms with E-state index < -0.39 is 5.60 Å². The molecule has 58 heavy (non-hydrogen) atoms. The molecule has 4 aromatic rings. The van der Waals surface area contributed by atoms with Crippen LogP contribution < -0.4 is 15.4 Å². The molecule has 0 radical (unpaired) electrons. The highest BCUT2D eigenvalue weighted by atomic mass is 32.8. The standard InChI is InChI=1S/C47H62N6O3S2/c1-10-32(6)15-16-35(9)53-29-37-26-38(17-18-39(37)45(53)54)47(55)20-23-52(24-21-47)22-19-36-27-42(56-30(2)3)41(25-33(36)7)50-46-48-28-34(8)44(51-46)49-40-13-11-12-14-43(40)58(57)31(4)5/h11-14,17-18,25-28,30-31,35,55H,6,10,15-16,19-24,29H2,1-5,7-9H3,(H2,48,49,50,51). The summed E-state index contributed by atoms with van der Waals surface area (Å²) in [5.41, 5.74) is 8.11. The summed E-state index contributed by atoms with van der Waals surface area (Å²) in [6.45, 7) is 24.0. The summed E-state index contributed by atoms with van der Waals surface area (Å²) in [6, 6.07) is 18.6. The molecule has 0 spiro atoms. The Kier molecular flexibility index (Phi) is 14.1. The van der Waals surface area contributed by atoms with Crippen molar-refractivity contribution in [1.29, 1.82) is 0 Å². The van der Waals surface area contributed by atoms with E-state index in [1.165, 1.54) is 11.1 Å². The van der Waals surface area contributed by atoms with Gasteiger partial charge >= 0.3 is 0 Å². The number of anilines is 4. The zero-order valence-corrected chi connectivity index (χ0v) is 37.3. The van der Waals surface area contributed by atoms with Crippen LogP contribution in [0, 0.1) is 13.8 Å². The maximum Gasteiger partial charge on any atom is 0.254 e. The number of aromatic nitrogens is 2. The molecular weight excluding hydrogens is 761 g/mol. The van der Waals surface area contributed by atoms with Crippen LogP contribution in [0.15, 0.2) is 77.8 Å². The van der Waals surface area contributed by atoms with Gasteiger partial charge in [0.25, 0.3) is 5.91 Å². The Hall–Kier alpha value is -4.16. The summed E-state index contributed by atoms with van der Waals surface area (Å²) in [6.07, 6.45) is 6.77. The topological polar surface area (TPSA) is 103 Å². The van der Waals surface area contributed by atoms with E-state index in [2.05, 4.69) is 92.0 Å². The summed E-state index contributed by atoms with van der Waals surface area (Å²) in [5.74, 6) is 2.05. The second-order valence-corrected chi connectivity index (χ2v) is 19.7. The third-order valence-corrected chi connectivity index (χ3v) is 14.9. The predicted octanol–water partition coefficient (Wildman–Crippen LogP) is 9.83. The average Bonchev–Trinajstić information content (AvgIpc) is 3.54. The molecule has 1 fully saturated rings. The van der Waals surface area contributed by atoms with Crippen LogP contribution in [0.1, 0.15) is 112 Å². The Morgan fingerprint density at radius 2 is 1.76 bits per heavy atom. The van der Waals surface area contributed by atoms with Crippen molar-refractivity contribution in [2.45, 2.75) is 128 Å². The number of para-hydroxylation sites is 1. The molecule has 0 saturated carbocycles. The van der Waals surface area contributed by atoms with Crippen LogP contribution in [0.5, 0.6) is 5.75 Å². The maximum absolute atomic E-state index is 13.3. The lowest BCUT2D eigenvalue weighted by molar-refractivity contribution is -0.0256. The van der Waals surface area contributed by atoms with E-state index >= 15 is 0 Å². The minimum absolute atomic E-state index is 0.0215. The molecule has 0 aliphatic carbocycles.